The van der Waals surface area contributed by atoms with Gasteiger partial charge in [0.25, 0.3) is 6.71 Å². The Kier molecular flexibility index (Phi) is 5.63. The van der Waals surface area contributed by atoms with Crippen LogP contribution in [0.3, 0.4) is 0 Å². The summed E-state index contributed by atoms with van der Waals surface area (Å²) in [6.07, 6.45) is 0. The highest BCUT2D eigenvalue weighted by Gasteiger charge is 2.47. The maximum absolute atomic E-state index is 11.2. The SMILES string of the molecule is [2H]c1c([2H])c2c3c(c1[2H])-n1c4c([2H])c([2H])c(C(C)(C)C)c([2H])c4c4c([2H])c(C(C)(C)C)c([2H])c(c41)N3c1c([2H])c(C)c([2H])c3c1B2c1c([2H])c([2H])c(N(c2c([2H])c([2H])c(C(C)(C)C)c([2H])c2[2H])c2c([2H])c([2H])c(C(C)(C)C)c([2H])c2[2H])c([2H])c1N3c1c([2H])c([2H])c2c(sc3c([2H])c([2H])c([2H])c([2H])c32)c1[2H]. The number of fused-ring (bicyclic) bond motifs is 12. The van der Waals surface area contributed by atoms with Crippen LogP contribution in [0.25, 0.3) is 47.7 Å². The van der Waals surface area contributed by atoms with Crippen molar-refractivity contribution in [2.75, 3.05) is 14.7 Å². The molecule has 0 unspecified atom stereocenters. The fraction of sp³-hybridized carbons (Fsp3) is 0.239. The first-order valence-electron chi connectivity index (χ1n) is 39.5. The predicted octanol–water partition coefficient (Wildman–Crippen LogP) is 18.5. The van der Waals surface area contributed by atoms with Gasteiger partial charge in [0.1, 0.15) is 0 Å². The van der Waals surface area contributed by atoms with E-state index in [0.29, 0.717) is 16.2 Å². The van der Waals surface area contributed by atoms with Gasteiger partial charge in [-0.25, -0.2) is 0 Å². The van der Waals surface area contributed by atoms with Crippen molar-refractivity contribution in [3.05, 3.63) is 197 Å². The lowest BCUT2D eigenvalue weighted by Gasteiger charge is -2.46. The van der Waals surface area contributed by atoms with Crippen LogP contribution in [0.1, 0.15) is 149 Å². The van der Waals surface area contributed by atoms with Crippen LogP contribution >= 0.6 is 11.3 Å². The van der Waals surface area contributed by atoms with E-state index in [9.17, 15) is 32.9 Å². The molecule has 4 nitrogen and oxygen atoms in total. The Bertz CT molecular complexity index is 5850. The molecule has 9 aromatic carbocycles. The van der Waals surface area contributed by atoms with E-state index < -0.39 is 219 Å². The number of nitrogens with zero attached hydrogens (tertiary/aromatic N) is 4. The van der Waals surface area contributed by atoms with Crippen LogP contribution in [0, 0.1) is 6.92 Å². The van der Waals surface area contributed by atoms with E-state index in [0.717, 1.165) is 4.90 Å². The van der Waals surface area contributed by atoms with Crippen molar-refractivity contribution >= 4 is 128 Å². The van der Waals surface area contributed by atoms with Gasteiger partial charge in [0, 0.05) is 70.8 Å². The fourth-order valence-corrected chi connectivity index (χ4v) is 11.4. The Morgan fingerprint density at radius 2 is 1.03 bits per heavy atom. The van der Waals surface area contributed by atoms with E-state index in [1.807, 2.05) is 0 Å². The van der Waals surface area contributed by atoms with E-state index in [2.05, 4.69) is 0 Å². The van der Waals surface area contributed by atoms with Gasteiger partial charge in [0.15, 0.2) is 0 Å². The van der Waals surface area contributed by atoms with Crippen LogP contribution in [0.5, 0.6) is 0 Å². The zero-order chi connectivity index (χ0) is 77.8. The third-order valence-electron chi connectivity index (χ3n) is 14.4. The van der Waals surface area contributed by atoms with Gasteiger partial charge in [-0.2, -0.15) is 0 Å². The van der Waals surface area contributed by atoms with Crippen molar-refractivity contribution < 1.29 is 38.4 Å². The lowest BCUT2D eigenvalue weighted by Crippen LogP contribution is -2.61. The molecule has 2 aromatic heterocycles. The predicted molar refractivity (Wildman–Crippen MR) is 335 cm³/mol. The van der Waals surface area contributed by atoms with Crippen molar-refractivity contribution in [2.45, 2.75) is 112 Å². The number of benzene rings is 9. The molecule has 3 aliphatic heterocycles. The Balaban J connectivity index is 1.27. The molecule has 0 radical (unpaired) electrons. The van der Waals surface area contributed by atoms with Crippen molar-refractivity contribution in [2.24, 2.45) is 0 Å². The molecule has 0 amide bonds. The largest absolute Gasteiger partial charge is 0.311 e. The smallest absolute Gasteiger partial charge is 0.252 e. The zero-order valence-corrected chi connectivity index (χ0v) is 45.6. The van der Waals surface area contributed by atoms with Gasteiger partial charge >= 0.3 is 0 Å². The second-order valence-corrected chi connectivity index (χ2v) is 25.1. The highest BCUT2D eigenvalue weighted by Crippen LogP contribution is 2.54. The lowest BCUT2D eigenvalue weighted by atomic mass is 9.33. The Hall–Kier alpha value is -7.54. The Morgan fingerprint density at radius 3 is 1.69 bits per heavy atom. The molecule has 0 atom stereocenters. The summed E-state index contributed by atoms with van der Waals surface area (Å²) in [7, 11) is 0. The molecule has 0 fully saturated rings. The van der Waals surface area contributed by atoms with Gasteiger partial charge in [-0.1, -0.05) is 156 Å². The topological polar surface area (TPSA) is 14.7 Å². The minimum atomic E-state index is -1.95. The molecule has 6 heteroatoms. The number of aromatic nitrogens is 1. The first-order valence-corrected chi connectivity index (χ1v) is 26.3. The van der Waals surface area contributed by atoms with Crippen molar-refractivity contribution in [1.29, 1.82) is 0 Å². The molecule has 77 heavy (non-hydrogen) atoms. The molecule has 0 saturated carbocycles. The van der Waals surface area contributed by atoms with Crippen LogP contribution in [0.2, 0.25) is 0 Å². The van der Waals surface area contributed by atoms with Crippen molar-refractivity contribution in [3.63, 3.8) is 0 Å². The number of anilines is 9. The molecule has 380 valence electrons. The summed E-state index contributed by atoms with van der Waals surface area (Å²) in [6.45, 7) is 19.7. The molecular weight excluding hydrogens is 952 g/mol. The second kappa shape index (κ2) is 16.3. The molecule has 14 rings (SSSR count). The standard InChI is InChI=1S/C71H67BN4S/c1-42-35-60-65-61(36-42)76-62-39-46(71(11,12)13)38-54-53-37-45(70(8,9)10)25-34-57(53)75(66(54)62)58-19-16-18-56(67(58)76)72(65)55-33-31-49(40-59(55)74(60)50-30-32-52-51-17-14-15-20-63(51)77-64(52)41-50)73(47-26-21-43(22-27-47)68(2,3)4)48-28-23-44(24-29-48)69(5,6)7/h14-41H,1-13H3/i14D,15D,16D,17D,18D,19D,20D,21D,22D,23D,24D,25D,26D,27D,28D,29D,30D,31D,32D,33D,34D,35D,36D,37D,38D,39D,40D,41D. The molecule has 0 N–H and O–H groups in total. The number of para-hydroxylation sites is 1. The molecule has 0 bridgehead atoms. The highest BCUT2D eigenvalue weighted by molar-refractivity contribution is 7.25. The van der Waals surface area contributed by atoms with Crippen molar-refractivity contribution in [3.8, 4) is 5.69 Å². The fourth-order valence-electron chi connectivity index (χ4n) is 10.5. The summed E-state index contributed by atoms with van der Waals surface area (Å²) in [5.74, 6) is 0. The van der Waals surface area contributed by atoms with Gasteiger partial charge in [-0.05, 0) is 169 Å². The number of hydrogen-bond acceptors (Lipinski definition) is 4. The first kappa shape index (κ1) is 26.7. The van der Waals surface area contributed by atoms with Gasteiger partial charge < -0.3 is 19.3 Å². The Labute approximate surface area is 498 Å². The molecule has 5 heterocycles. The molecule has 0 spiro atoms. The average Bonchev–Trinajstić information content (AvgIpc) is 1.65. The summed E-state index contributed by atoms with van der Waals surface area (Å²) >= 11 is 0.656. The third-order valence-corrected chi connectivity index (χ3v) is 15.4. The third kappa shape index (κ3) is 7.23. The van der Waals surface area contributed by atoms with Crippen molar-refractivity contribution in [1.82, 2.24) is 4.57 Å². The van der Waals surface area contributed by atoms with E-state index in [1.54, 1.807) is 83.1 Å². The Morgan fingerprint density at radius 1 is 0.429 bits per heavy atom. The number of hydrogen-bond donors (Lipinski definition) is 0. The van der Waals surface area contributed by atoms with E-state index in [1.165, 1.54) is 16.4 Å². The second-order valence-electron chi connectivity index (χ2n) is 24.1. The summed E-state index contributed by atoms with van der Waals surface area (Å²) < 4.78 is 281. The number of thiophene rings is 1. The van der Waals surface area contributed by atoms with Crippen LogP contribution in [-0.4, -0.2) is 11.3 Å². The monoisotopic (exact) mass is 1050 g/mol. The quantitative estimate of drug-likeness (QED) is 0.163. The van der Waals surface area contributed by atoms with E-state index >= 15 is 0 Å². The number of rotatable bonds is 4. The van der Waals surface area contributed by atoms with Crippen LogP contribution in [-0.2, 0) is 21.7 Å². The van der Waals surface area contributed by atoms with Gasteiger partial charge in [0.2, 0.25) is 0 Å². The van der Waals surface area contributed by atoms with Crippen LogP contribution in [0.15, 0.2) is 169 Å². The minimum Gasteiger partial charge on any atom is -0.311 e. The van der Waals surface area contributed by atoms with Gasteiger partial charge in [0.05, 0.1) is 66.5 Å². The molecule has 0 saturated heterocycles. The van der Waals surface area contributed by atoms with E-state index in [-0.39, 0.29) is 122 Å². The average molecular weight is 1050 g/mol. The summed E-state index contributed by atoms with van der Waals surface area (Å²) in [6, 6.07) is -19.5. The molecule has 11 aromatic rings. The highest BCUT2D eigenvalue weighted by atomic mass is 32.1. The normalized spacial score (nSPS) is 19.1. The van der Waals surface area contributed by atoms with Crippen LogP contribution < -0.4 is 31.1 Å². The van der Waals surface area contributed by atoms with Gasteiger partial charge in [-0.15, -0.1) is 11.3 Å². The lowest BCUT2D eigenvalue weighted by molar-refractivity contribution is 0.590. The molecule has 0 aliphatic carbocycles. The van der Waals surface area contributed by atoms with E-state index in [4.69, 9.17) is 5.48 Å². The maximum Gasteiger partial charge on any atom is 0.252 e. The summed E-state index contributed by atoms with van der Waals surface area (Å²) in [5.41, 5.74) is -11.7. The minimum absolute atomic E-state index is 0.0202. The summed E-state index contributed by atoms with van der Waals surface area (Å²) in [5, 5.41) is -0.560. The summed E-state index contributed by atoms with van der Waals surface area (Å²) in [4.78, 5) is 3.03. The maximum atomic E-state index is 11.2. The first-order chi connectivity index (χ1) is 48.4. The van der Waals surface area contributed by atoms with Gasteiger partial charge in [-0.3, -0.25) is 0 Å². The molecular formula is C71H67BN4S. The molecule has 3 aliphatic rings. The zero-order valence-electron chi connectivity index (χ0n) is 72.8. The van der Waals surface area contributed by atoms with Crippen LogP contribution in [0.4, 0.5) is 51.2 Å².